The minimum absolute atomic E-state index is 1.33. The van der Waals surface area contributed by atoms with Crippen LogP contribution in [0.25, 0.3) is 0 Å². The molecule has 0 aliphatic carbocycles. The summed E-state index contributed by atoms with van der Waals surface area (Å²) in [6.07, 6.45) is -4.20. The van der Waals surface area contributed by atoms with Crippen LogP contribution in [0.2, 0.25) is 0 Å². The predicted octanol–water partition coefficient (Wildman–Crippen LogP) is 0.685. The SMILES string of the molecule is [2H]C(=O)CC(F)(F)CC(=O)O. The van der Waals surface area contributed by atoms with E-state index in [1.54, 1.807) is 0 Å². The first-order valence-electron chi connectivity index (χ1n) is 2.92. The number of rotatable bonds is 4. The van der Waals surface area contributed by atoms with Gasteiger partial charge in [0.1, 0.15) is 14.1 Å². The standard InChI is InChI=1S/C5H6F2O3/c6-5(7,1-2-8)3-4(9)10/h2H,1,3H2,(H,9,10)/i2D. The van der Waals surface area contributed by atoms with Gasteiger partial charge < -0.3 is 9.90 Å². The molecule has 10 heavy (non-hydrogen) atoms. The number of aldehydes is 1. The van der Waals surface area contributed by atoms with Gasteiger partial charge in [-0.1, -0.05) is 0 Å². The molecule has 58 valence electrons. The van der Waals surface area contributed by atoms with Crippen LogP contribution in [0, 0.1) is 0 Å². The second kappa shape index (κ2) is 3.24. The Labute approximate surface area is 57.1 Å². The van der Waals surface area contributed by atoms with Gasteiger partial charge in [0, 0.05) is 0 Å². The van der Waals surface area contributed by atoms with Gasteiger partial charge in [0.15, 0.2) is 0 Å². The molecule has 0 atom stereocenters. The smallest absolute Gasteiger partial charge is 0.309 e. The number of carbonyl (C=O) groups excluding carboxylic acids is 1. The molecule has 0 fully saturated rings. The molecule has 0 saturated heterocycles. The molecule has 0 aliphatic heterocycles. The summed E-state index contributed by atoms with van der Waals surface area (Å²) in [5.74, 6) is -5.28. The summed E-state index contributed by atoms with van der Waals surface area (Å²) in [7, 11) is 0. The van der Waals surface area contributed by atoms with E-state index in [2.05, 4.69) is 0 Å². The highest BCUT2D eigenvalue weighted by Crippen LogP contribution is 2.20. The van der Waals surface area contributed by atoms with E-state index in [4.69, 9.17) is 6.48 Å². The molecule has 1 N–H and O–H groups in total. The van der Waals surface area contributed by atoms with E-state index >= 15 is 0 Å². The molecule has 3 nitrogen and oxygen atoms in total. The largest absolute Gasteiger partial charge is 0.481 e. The highest BCUT2D eigenvalue weighted by Gasteiger charge is 2.31. The summed E-state index contributed by atoms with van der Waals surface area (Å²) in [4.78, 5) is 19.6. The fraction of sp³-hybridized carbons (Fsp3) is 0.600. The maximum absolute atomic E-state index is 12.2. The van der Waals surface area contributed by atoms with Gasteiger partial charge in [-0.15, -0.1) is 0 Å². The lowest BCUT2D eigenvalue weighted by Gasteiger charge is -2.08. The molecule has 0 aromatic rings. The average molecular weight is 153 g/mol. The second-order valence-corrected chi connectivity index (χ2v) is 1.75. The highest BCUT2D eigenvalue weighted by molar-refractivity contribution is 5.68. The van der Waals surface area contributed by atoms with Crippen molar-refractivity contribution >= 4 is 12.2 Å². The van der Waals surface area contributed by atoms with Gasteiger partial charge in [-0.2, -0.15) is 0 Å². The van der Waals surface area contributed by atoms with E-state index in [1.807, 2.05) is 0 Å². The second-order valence-electron chi connectivity index (χ2n) is 1.75. The molecular weight excluding hydrogens is 146 g/mol. The van der Waals surface area contributed by atoms with Crippen molar-refractivity contribution in [1.29, 1.82) is 0 Å². The fourth-order valence-corrected chi connectivity index (χ4v) is 0.389. The molecular formula is C5H6F2O3. The summed E-state index contributed by atoms with van der Waals surface area (Å²) < 4.78 is 30.6. The Bertz CT molecular complexity index is 163. The third-order valence-electron chi connectivity index (χ3n) is 0.741. The first-order valence-corrected chi connectivity index (χ1v) is 2.42. The summed E-state index contributed by atoms with van der Waals surface area (Å²) in [5.41, 5.74) is 0. The molecule has 0 spiro atoms. The molecule has 0 radical (unpaired) electrons. The van der Waals surface area contributed by atoms with Crippen LogP contribution >= 0.6 is 0 Å². The number of carboxylic acid groups (broad SMARTS) is 1. The molecule has 0 unspecified atom stereocenters. The molecule has 0 bridgehead atoms. The quantitative estimate of drug-likeness (QED) is 0.604. The first kappa shape index (κ1) is 7.11. The van der Waals surface area contributed by atoms with Crippen LogP contribution in [-0.2, 0) is 9.59 Å². The number of hydrogen-bond donors (Lipinski definition) is 1. The van der Waals surface area contributed by atoms with Crippen molar-refractivity contribution in [3.8, 4) is 0 Å². The van der Waals surface area contributed by atoms with Crippen molar-refractivity contribution in [3.63, 3.8) is 0 Å². The van der Waals surface area contributed by atoms with Gasteiger partial charge in [0.25, 0.3) is 5.92 Å². The van der Waals surface area contributed by atoms with E-state index in [0.717, 1.165) is 0 Å². The Kier molecular flexibility index (Phi) is 2.30. The van der Waals surface area contributed by atoms with Crippen LogP contribution in [0.5, 0.6) is 0 Å². The van der Waals surface area contributed by atoms with Crippen LogP contribution in [0.1, 0.15) is 14.2 Å². The molecule has 0 amide bonds. The monoisotopic (exact) mass is 153 g/mol. The maximum Gasteiger partial charge on any atom is 0.309 e. The van der Waals surface area contributed by atoms with Crippen molar-refractivity contribution < 1.29 is 24.8 Å². The molecule has 0 aliphatic rings. The first-order chi connectivity index (χ1) is 4.83. The summed E-state index contributed by atoms with van der Waals surface area (Å²) >= 11 is 0. The number of aliphatic carboxylic acids is 1. The maximum atomic E-state index is 12.2. The third-order valence-corrected chi connectivity index (χ3v) is 0.741. The zero-order valence-electron chi connectivity index (χ0n) is 5.93. The lowest BCUT2D eigenvalue weighted by molar-refractivity contribution is -0.145. The molecule has 0 aromatic carbocycles. The Morgan fingerprint density at radius 2 is 2.30 bits per heavy atom. The molecule has 0 rings (SSSR count). The third kappa shape index (κ3) is 3.94. The average Bonchev–Trinajstić information content (AvgIpc) is 1.53. The van der Waals surface area contributed by atoms with Gasteiger partial charge in [-0.3, -0.25) is 4.79 Å². The molecule has 0 saturated carbocycles. The fourth-order valence-electron chi connectivity index (χ4n) is 0.389. The van der Waals surface area contributed by atoms with Gasteiger partial charge in [-0.25, -0.2) is 8.78 Å². The summed E-state index contributed by atoms with van der Waals surface area (Å²) in [6.45, 7) is 0. The van der Waals surface area contributed by atoms with Crippen LogP contribution in [0.4, 0.5) is 8.78 Å². The zero-order valence-corrected chi connectivity index (χ0v) is 4.93. The highest BCUT2D eigenvalue weighted by atomic mass is 19.3. The molecule has 5 heteroatoms. The Balaban J connectivity index is 3.99. The van der Waals surface area contributed by atoms with Gasteiger partial charge in [-0.05, 0) is 0 Å². The number of alkyl halides is 2. The van der Waals surface area contributed by atoms with Crippen molar-refractivity contribution in [2.75, 3.05) is 0 Å². The summed E-state index contributed by atoms with van der Waals surface area (Å²) in [5, 5.41) is 7.91. The normalized spacial score (nSPS) is 12.4. The van der Waals surface area contributed by atoms with Crippen LogP contribution < -0.4 is 0 Å². The minimum atomic E-state index is -3.59. The number of hydrogen-bond acceptors (Lipinski definition) is 2. The van der Waals surface area contributed by atoms with E-state index in [1.165, 1.54) is 0 Å². The molecule has 0 heterocycles. The van der Waals surface area contributed by atoms with Crippen LogP contribution in [-0.4, -0.2) is 23.3 Å². The zero-order chi connectivity index (χ0) is 9.07. The number of carbonyl (C=O) groups is 2. The van der Waals surface area contributed by atoms with Gasteiger partial charge in [0.2, 0.25) is 0 Å². The predicted molar refractivity (Wildman–Crippen MR) is 27.9 cm³/mol. The number of carboxylic acids is 1. The van der Waals surface area contributed by atoms with Crippen LogP contribution in [0.3, 0.4) is 0 Å². The Hall–Kier alpha value is -1.00. The van der Waals surface area contributed by atoms with E-state index in [-0.39, 0.29) is 0 Å². The van der Waals surface area contributed by atoms with E-state index in [0.29, 0.717) is 0 Å². The number of halogens is 2. The van der Waals surface area contributed by atoms with E-state index < -0.39 is 31.0 Å². The Morgan fingerprint density at radius 1 is 1.80 bits per heavy atom. The molecule has 0 aromatic heterocycles. The lowest BCUT2D eigenvalue weighted by atomic mass is 10.2. The Morgan fingerprint density at radius 3 is 2.60 bits per heavy atom. The van der Waals surface area contributed by atoms with Gasteiger partial charge in [0.05, 0.1) is 6.42 Å². The van der Waals surface area contributed by atoms with E-state index in [9.17, 15) is 18.4 Å². The van der Waals surface area contributed by atoms with Crippen LogP contribution in [0.15, 0.2) is 0 Å². The van der Waals surface area contributed by atoms with Crippen molar-refractivity contribution in [3.05, 3.63) is 0 Å². The van der Waals surface area contributed by atoms with Crippen molar-refractivity contribution in [2.24, 2.45) is 0 Å². The minimum Gasteiger partial charge on any atom is -0.481 e. The summed E-state index contributed by atoms with van der Waals surface area (Å²) in [6, 6.07) is 0. The van der Waals surface area contributed by atoms with Crippen molar-refractivity contribution in [1.82, 2.24) is 0 Å². The topological polar surface area (TPSA) is 54.4 Å². The van der Waals surface area contributed by atoms with Crippen molar-refractivity contribution in [2.45, 2.75) is 18.8 Å². The lowest BCUT2D eigenvalue weighted by Crippen LogP contribution is -2.21. The van der Waals surface area contributed by atoms with Gasteiger partial charge >= 0.3 is 5.97 Å².